The third-order valence-electron chi connectivity index (χ3n) is 1.30. The molecule has 1 aromatic heterocycles. The van der Waals surface area contributed by atoms with E-state index in [1.165, 1.54) is 0 Å². The highest BCUT2D eigenvalue weighted by atomic mass is 15.4. The number of guanidine groups is 2. The fourth-order valence-electron chi connectivity index (χ4n) is 0.797. The first-order valence-electron chi connectivity index (χ1n) is 3.82. The molecule has 0 atom stereocenters. The molecule has 0 fully saturated rings. The second kappa shape index (κ2) is 4.21. The van der Waals surface area contributed by atoms with Crippen LogP contribution < -0.4 is 17.2 Å². The van der Waals surface area contributed by atoms with E-state index in [1.54, 1.807) is 17.9 Å². The molecule has 0 amide bonds. The van der Waals surface area contributed by atoms with Gasteiger partial charge in [-0.15, -0.1) is 5.10 Å². The smallest absolute Gasteiger partial charge is 0.218 e. The molecular weight excluding hydrogens is 184 g/mol. The summed E-state index contributed by atoms with van der Waals surface area (Å²) in [6.07, 6.45) is 1.73. The van der Waals surface area contributed by atoms with Crippen molar-refractivity contribution in [1.82, 2.24) is 15.0 Å². The van der Waals surface area contributed by atoms with Crippen LogP contribution in [0.2, 0.25) is 0 Å². The lowest BCUT2D eigenvalue weighted by molar-refractivity contribution is 0.713. The van der Waals surface area contributed by atoms with Gasteiger partial charge in [-0.25, -0.2) is 4.99 Å². The molecule has 0 saturated carbocycles. The van der Waals surface area contributed by atoms with Crippen LogP contribution in [0.1, 0.15) is 5.69 Å². The highest BCUT2D eigenvalue weighted by molar-refractivity contribution is 5.92. The van der Waals surface area contributed by atoms with E-state index in [1.807, 2.05) is 0 Å². The van der Waals surface area contributed by atoms with Crippen molar-refractivity contribution in [3.05, 3.63) is 11.9 Å². The number of aliphatic imine (C=N–C) groups is 2. The number of aryl methyl sites for hydroxylation is 1. The van der Waals surface area contributed by atoms with E-state index in [2.05, 4.69) is 20.3 Å². The largest absolute Gasteiger partial charge is 0.370 e. The van der Waals surface area contributed by atoms with Crippen molar-refractivity contribution in [1.29, 1.82) is 0 Å². The molecule has 0 spiro atoms. The molecule has 0 aliphatic rings. The van der Waals surface area contributed by atoms with Gasteiger partial charge in [0.15, 0.2) is 5.96 Å². The van der Waals surface area contributed by atoms with Crippen LogP contribution in [-0.2, 0) is 13.6 Å². The number of nitrogens with zero attached hydrogens (tertiary/aromatic N) is 5. The summed E-state index contributed by atoms with van der Waals surface area (Å²) in [5.74, 6) is -0.0963. The number of rotatable bonds is 2. The first-order valence-corrected chi connectivity index (χ1v) is 3.82. The van der Waals surface area contributed by atoms with Gasteiger partial charge in [-0.1, -0.05) is 5.21 Å². The normalized spacial score (nSPS) is 11.4. The van der Waals surface area contributed by atoms with E-state index in [0.717, 1.165) is 0 Å². The van der Waals surface area contributed by atoms with Crippen molar-refractivity contribution < 1.29 is 0 Å². The van der Waals surface area contributed by atoms with E-state index in [4.69, 9.17) is 17.2 Å². The predicted octanol–water partition coefficient (Wildman–Crippen LogP) is -2.10. The second-order valence-corrected chi connectivity index (χ2v) is 2.59. The van der Waals surface area contributed by atoms with E-state index < -0.39 is 0 Å². The van der Waals surface area contributed by atoms with E-state index in [0.29, 0.717) is 12.2 Å². The van der Waals surface area contributed by atoms with Crippen LogP contribution in [0.4, 0.5) is 0 Å². The Labute approximate surface area is 80.5 Å². The van der Waals surface area contributed by atoms with Gasteiger partial charge in [0.2, 0.25) is 5.96 Å². The summed E-state index contributed by atoms with van der Waals surface area (Å²) in [6, 6.07) is 0. The quantitative estimate of drug-likeness (QED) is 0.368. The third kappa shape index (κ3) is 3.09. The van der Waals surface area contributed by atoms with Crippen LogP contribution in [0.15, 0.2) is 16.2 Å². The lowest BCUT2D eigenvalue weighted by atomic mass is 10.5. The molecule has 0 aliphatic heterocycles. The van der Waals surface area contributed by atoms with Crippen LogP contribution in [0.5, 0.6) is 0 Å². The van der Waals surface area contributed by atoms with Crippen LogP contribution >= 0.6 is 0 Å². The molecule has 1 rings (SSSR count). The molecule has 1 heterocycles. The summed E-state index contributed by atoms with van der Waals surface area (Å²) >= 11 is 0. The average molecular weight is 196 g/mol. The van der Waals surface area contributed by atoms with Gasteiger partial charge in [-0.3, -0.25) is 4.68 Å². The standard InChI is InChI=1S/C6H12N8/c1-14-3-4(12-13-14)2-10-6(9)11-5(7)8/h3H,2H2,1H3,(H6,7,8,9,10,11). The number of hydrogen-bond acceptors (Lipinski definition) is 3. The summed E-state index contributed by atoms with van der Waals surface area (Å²) in [5, 5.41) is 7.53. The van der Waals surface area contributed by atoms with E-state index in [-0.39, 0.29) is 11.9 Å². The number of aromatic nitrogens is 3. The molecule has 0 aromatic carbocycles. The molecule has 0 aliphatic carbocycles. The number of nitrogens with two attached hydrogens (primary N) is 3. The highest BCUT2D eigenvalue weighted by Crippen LogP contribution is 1.93. The molecule has 0 bridgehead atoms. The van der Waals surface area contributed by atoms with Crippen LogP contribution in [0.3, 0.4) is 0 Å². The lowest BCUT2D eigenvalue weighted by Crippen LogP contribution is -2.26. The minimum atomic E-state index is -0.120. The summed E-state index contributed by atoms with van der Waals surface area (Å²) in [5.41, 5.74) is 16.3. The third-order valence-corrected chi connectivity index (χ3v) is 1.30. The summed E-state index contributed by atoms with van der Waals surface area (Å²) in [4.78, 5) is 7.42. The van der Waals surface area contributed by atoms with Gasteiger partial charge in [-0.2, -0.15) is 4.99 Å². The fourth-order valence-corrected chi connectivity index (χ4v) is 0.797. The van der Waals surface area contributed by atoms with Crippen molar-refractivity contribution >= 4 is 11.9 Å². The minimum absolute atomic E-state index is 0.0238. The zero-order valence-corrected chi connectivity index (χ0v) is 7.75. The Morgan fingerprint density at radius 2 is 2.21 bits per heavy atom. The van der Waals surface area contributed by atoms with Crippen LogP contribution in [0, 0.1) is 0 Å². The van der Waals surface area contributed by atoms with Gasteiger partial charge >= 0.3 is 0 Å². The zero-order chi connectivity index (χ0) is 10.6. The Balaban J connectivity index is 2.59. The molecule has 8 heteroatoms. The maximum Gasteiger partial charge on any atom is 0.218 e. The van der Waals surface area contributed by atoms with Gasteiger partial charge in [0, 0.05) is 13.2 Å². The second-order valence-electron chi connectivity index (χ2n) is 2.59. The Morgan fingerprint density at radius 3 is 2.71 bits per heavy atom. The molecule has 6 N–H and O–H groups in total. The van der Waals surface area contributed by atoms with Crippen LogP contribution in [0.25, 0.3) is 0 Å². The SMILES string of the molecule is Cn1cc(CN=C(N)N=C(N)N)nn1. The topological polar surface area (TPSA) is 133 Å². The number of hydrogen-bond donors (Lipinski definition) is 3. The monoisotopic (exact) mass is 196 g/mol. The molecule has 0 radical (unpaired) electrons. The Kier molecular flexibility index (Phi) is 3.00. The fraction of sp³-hybridized carbons (Fsp3) is 0.333. The first kappa shape index (κ1) is 9.96. The first-order chi connectivity index (χ1) is 6.58. The van der Waals surface area contributed by atoms with E-state index in [9.17, 15) is 0 Å². The van der Waals surface area contributed by atoms with Gasteiger partial charge in [0.25, 0.3) is 0 Å². The molecule has 76 valence electrons. The Hall–Kier alpha value is -2.12. The van der Waals surface area contributed by atoms with E-state index >= 15 is 0 Å². The summed E-state index contributed by atoms with van der Waals surface area (Å²) < 4.78 is 1.57. The van der Waals surface area contributed by atoms with Crippen molar-refractivity contribution in [3.63, 3.8) is 0 Å². The summed E-state index contributed by atoms with van der Waals surface area (Å²) in [7, 11) is 1.76. The maximum atomic E-state index is 5.38. The lowest BCUT2D eigenvalue weighted by Gasteiger charge is -1.92. The maximum absolute atomic E-state index is 5.38. The Morgan fingerprint density at radius 1 is 1.50 bits per heavy atom. The average Bonchev–Trinajstić information content (AvgIpc) is 2.47. The molecule has 0 saturated heterocycles. The molecule has 0 unspecified atom stereocenters. The van der Waals surface area contributed by atoms with Gasteiger partial charge in [0.05, 0.1) is 6.54 Å². The van der Waals surface area contributed by atoms with Crippen molar-refractivity contribution in [2.24, 2.45) is 34.2 Å². The van der Waals surface area contributed by atoms with Crippen LogP contribution in [-0.4, -0.2) is 26.9 Å². The van der Waals surface area contributed by atoms with Gasteiger partial charge < -0.3 is 17.2 Å². The summed E-state index contributed by atoms with van der Waals surface area (Å²) in [6.45, 7) is 0.302. The zero-order valence-electron chi connectivity index (χ0n) is 7.75. The predicted molar refractivity (Wildman–Crippen MR) is 52.1 cm³/mol. The van der Waals surface area contributed by atoms with Crippen molar-refractivity contribution in [2.75, 3.05) is 0 Å². The van der Waals surface area contributed by atoms with Crippen molar-refractivity contribution in [3.8, 4) is 0 Å². The molecule has 14 heavy (non-hydrogen) atoms. The molecule has 8 nitrogen and oxygen atoms in total. The minimum Gasteiger partial charge on any atom is -0.370 e. The molecule has 1 aromatic rings. The molecular formula is C6H12N8. The van der Waals surface area contributed by atoms with Gasteiger partial charge in [0.1, 0.15) is 5.69 Å². The van der Waals surface area contributed by atoms with Crippen molar-refractivity contribution in [2.45, 2.75) is 6.54 Å². The van der Waals surface area contributed by atoms with Gasteiger partial charge in [-0.05, 0) is 0 Å². The Bertz CT molecular complexity index is 358. The highest BCUT2D eigenvalue weighted by Gasteiger charge is 1.96.